The standard InChI is InChI=1S/C19H16F2N2/c20-16-3-1-15(2-4-16)11-14-23(19-9-12-22-13-10-19)18-7-5-17(21)6-8-18/h1-10,12-13H,11,14H2. The molecule has 0 saturated carbocycles. The van der Waals surface area contributed by atoms with E-state index in [1.807, 2.05) is 12.1 Å². The first kappa shape index (κ1) is 15.2. The smallest absolute Gasteiger partial charge is 0.123 e. The fourth-order valence-electron chi connectivity index (χ4n) is 2.44. The molecule has 0 amide bonds. The van der Waals surface area contributed by atoms with Gasteiger partial charge in [-0.15, -0.1) is 0 Å². The van der Waals surface area contributed by atoms with E-state index in [0.29, 0.717) is 6.54 Å². The van der Waals surface area contributed by atoms with Crippen LogP contribution in [-0.4, -0.2) is 11.5 Å². The van der Waals surface area contributed by atoms with Crippen molar-refractivity contribution in [3.8, 4) is 0 Å². The molecule has 0 bridgehead atoms. The number of aromatic nitrogens is 1. The summed E-state index contributed by atoms with van der Waals surface area (Å²) in [6.45, 7) is 0.696. The lowest BCUT2D eigenvalue weighted by atomic mass is 10.1. The molecule has 0 fully saturated rings. The molecule has 3 rings (SSSR count). The second-order valence-corrected chi connectivity index (χ2v) is 5.21. The van der Waals surface area contributed by atoms with Crippen LogP contribution in [0.5, 0.6) is 0 Å². The minimum Gasteiger partial charge on any atom is -0.341 e. The second-order valence-electron chi connectivity index (χ2n) is 5.21. The van der Waals surface area contributed by atoms with Gasteiger partial charge in [-0.2, -0.15) is 0 Å². The van der Waals surface area contributed by atoms with E-state index in [4.69, 9.17) is 0 Å². The van der Waals surface area contributed by atoms with E-state index in [0.717, 1.165) is 23.4 Å². The lowest BCUT2D eigenvalue weighted by molar-refractivity contribution is 0.627. The van der Waals surface area contributed by atoms with Crippen molar-refractivity contribution >= 4 is 11.4 Å². The molecule has 1 heterocycles. The maximum Gasteiger partial charge on any atom is 0.123 e. The molecule has 3 aromatic rings. The van der Waals surface area contributed by atoms with E-state index in [2.05, 4.69) is 9.88 Å². The first-order valence-electron chi connectivity index (χ1n) is 7.40. The van der Waals surface area contributed by atoms with E-state index in [1.54, 1.807) is 36.7 Å². The van der Waals surface area contributed by atoms with E-state index in [1.165, 1.54) is 24.3 Å². The first-order chi connectivity index (χ1) is 11.2. The summed E-state index contributed by atoms with van der Waals surface area (Å²) in [4.78, 5) is 6.12. The zero-order valence-electron chi connectivity index (χ0n) is 12.5. The third kappa shape index (κ3) is 3.92. The Bertz CT molecular complexity index is 741. The largest absolute Gasteiger partial charge is 0.341 e. The quantitative estimate of drug-likeness (QED) is 0.676. The Morgan fingerprint density at radius 1 is 0.696 bits per heavy atom. The topological polar surface area (TPSA) is 16.1 Å². The molecule has 0 radical (unpaired) electrons. The summed E-state index contributed by atoms with van der Waals surface area (Å²) in [5.74, 6) is -0.500. The van der Waals surface area contributed by atoms with Crippen molar-refractivity contribution in [1.29, 1.82) is 0 Å². The summed E-state index contributed by atoms with van der Waals surface area (Å²) < 4.78 is 26.2. The molecule has 4 heteroatoms. The average Bonchev–Trinajstić information content (AvgIpc) is 2.59. The molecule has 0 aliphatic carbocycles. The Morgan fingerprint density at radius 3 is 1.83 bits per heavy atom. The fraction of sp³-hybridized carbons (Fsp3) is 0.105. The molecular formula is C19H16F2N2. The number of hydrogen-bond acceptors (Lipinski definition) is 2. The lowest BCUT2D eigenvalue weighted by Gasteiger charge is -2.25. The van der Waals surface area contributed by atoms with Crippen LogP contribution in [-0.2, 0) is 6.42 Å². The Labute approximate surface area is 134 Å². The van der Waals surface area contributed by atoms with Gasteiger partial charge in [0.2, 0.25) is 0 Å². The fourth-order valence-corrected chi connectivity index (χ4v) is 2.44. The van der Waals surface area contributed by atoms with Gasteiger partial charge in [0.1, 0.15) is 11.6 Å². The number of nitrogens with zero attached hydrogens (tertiary/aromatic N) is 2. The predicted octanol–water partition coefficient (Wildman–Crippen LogP) is 4.74. The average molecular weight is 310 g/mol. The van der Waals surface area contributed by atoms with Gasteiger partial charge in [-0.1, -0.05) is 12.1 Å². The molecule has 0 spiro atoms. The van der Waals surface area contributed by atoms with Gasteiger partial charge in [0.05, 0.1) is 0 Å². The van der Waals surface area contributed by atoms with Gasteiger partial charge in [0.15, 0.2) is 0 Å². The van der Waals surface area contributed by atoms with E-state index < -0.39 is 0 Å². The van der Waals surface area contributed by atoms with Crippen LogP contribution in [0.3, 0.4) is 0 Å². The van der Waals surface area contributed by atoms with Gasteiger partial charge < -0.3 is 4.90 Å². The van der Waals surface area contributed by atoms with E-state index in [9.17, 15) is 8.78 Å². The van der Waals surface area contributed by atoms with Crippen molar-refractivity contribution in [2.75, 3.05) is 11.4 Å². The van der Waals surface area contributed by atoms with Crippen molar-refractivity contribution in [3.63, 3.8) is 0 Å². The maximum absolute atomic E-state index is 13.2. The van der Waals surface area contributed by atoms with E-state index in [-0.39, 0.29) is 11.6 Å². The summed E-state index contributed by atoms with van der Waals surface area (Å²) in [6, 6.07) is 16.7. The van der Waals surface area contributed by atoms with Crippen LogP contribution in [0.4, 0.5) is 20.2 Å². The molecule has 2 aromatic carbocycles. The van der Waals surface area contributed by atoms with Crippen LogP contribution in [0.25, 0.3) is 0 Å². The van der Waals surface area contributed by atoms with Gasteiger partial charge in [-0.25, -0.2) is 8.78 Å². The van der Waals surface area contributed by atoms with Gasteiger partial charge in [-0.05, 0) is 60.5 Å². The maximum atomic E-state index is 13.2. The number of benzene rings is 2. The third-order valence-corrected chi connectivity index (χ3v) is 3.65. The van der Waals surface area contributed by atoms with Crippen molar-refractivity contribution < 1.29 is 8.78 Å². The van der Waals surface area contributed by atoms with Gasteiger partial charge in [0.25, 0.3) is 0 Å². The minimum absolute atomic E-state index is 0.238. The molecule has 0 unspecified atom stereocenters. The highest BCUT2D eigenvalue weighted by Gasteiger charge is 2.09. The van der Waals surface area contributed by atoms with Crippen molar-refractivity contribution in [1.82, 2.24) is 4.98 Å². The first-order valence-corrected chi connectivity index (χ1v) is 7.40. The molecule has 2 nitrogen and oxygen atoms in total. The van der Waals surface area contributed by atoms with Crippen LogP contribution in [0.2, 0.25) is 0 Å². The highest BCUT2D eigenvalue weighted by molar-refractivity contribution is 5.62. The summed E-state index contributed by atoms with van der Waals surface area (Å²) in [7, 11) is 0. The molecular weight excluding hydrogens is 294 g/mol. The molecule has 23 heavy (non-hydrogen) atoms. The second kappa shape index (κ2) is 7.01. The predicted molar refractivity (Wildman–Crippen MR) is 87.7 cm³/mol. The molecule has 116 valence electrons. The molecule has 0 atom stereocenters. The molecule has 0 N–H and O–H groups in total. The number of halogens is 2. The lowest BCUT2D eigenvalue weighted by Crippen LogP contribution is -2.20. The number of pyridine rings is 1. The normalized spacial score (nSPS) is 10.5. The Balaban J connectivity index is 1.83. The van der Waals surface area contributed by atoms with Crippen LogP contribution in [0.1, 0.15) is 5.56 Å². The summed E-state index contributed by atoms with van der Waals surface area (Å²) in [5, 5.41) is 0. The van der Waals surface area contributed by atoms with Crippen LogP contribution >= 0.6 is 0 Å². The monoisotopic (exact) mass is 310 g/mol. The summed E-state index contributed by atoms with van der Waals surface area (Å²) >= 11 is 0. The van der Waals surface area contributed by atoms with Crippen molar-refractivity contribution in [3.05, 3.63) is 90.3 Å². The number of hydrogen-bond donors (Lipinski definition) is 0. The van der Waals surface area contributed by atoms with Crippen molar-refractivity contribution in [2.24, 2.45) is 0 Å². The molecule has 1 aromatic heterocycles. The van der Waals surface area contributed by atoms with Gasteiger partial charge in [-0.3, -0.25) is 4.98 Å². The molecule has 0 aliphatic rings. The summed E-state index contributed by atoms with van der Waals surface area (Å²) in [5.41, 5.74) is 2.93. The Morgan fingerprint density at radius 2 is 1.22 bits per heavy atom. The van der Waals surface area contributed by atoms with Crippen molar-refractivity contribution in [2.45, 2.75) is 6.42 Å². The molecule has 0 aliphatic heterocycles. The molecule has 0 saturated heterocycles. The third-order valence-electron chi connectivity index (χ3n) is 3.65. The Hall–Kier alpha value is -2.75. The Kier molecular flexibility index (Phi) is 4.62. The van der Waals surface area contributed by atoms with Gasteiger partial charge >= 0.3 is 0 Å². The van der Waals surface area contributed by atoms with Crippen LogP contribution in [0.15, 0.2) is 73.1 Å². The number of anilines is 2. The van der Waals surface area contributed by atoms with E-state index >= 15 is 0 Å². The summed E-state index contributed by atoms with van der Waals surface area (Å²) in [6.07, 6.45) is 4.20. The van der Waals surface area contributed by atoms with Crippen LogP contribution in [0, 0.1) is 11.6 Å². The number of rotatable bonds is 5. The highest BCUT2D eigenvalue weighted by atomic mass is 19.1. The SMILES string of the molecule is Fc1ccc(CCN(c2ccncc2)c2ccc(F)cc2)cc1. The highest BCUT2D eigenvalue weighted by Crippen LogP contribution is 2.25. The zero-order chi connectivity index (χ0) is 16.1. The van der Waals surface area contributed by atoms with Crippen LogP contribution < -0.4 is 4.90 Å². The minimum atomic E-state index is -0.262. The zero-order valence-corrected chi connectivity index (χ0v) is 12.5. The van der Waals surface area contributed by atoms with Gasteiger partial charge in [0, 0.05) is 30.3 Å².